The minimum atomic E-state index is -0.804. The molecule has 0 saturated carbocycles. The van der Waals surface area contributed by atoms with Crippen LogP contribution in [0.3, 0.4) is 0 Å². The minimum absolute atomic E-state index is 0.0390. The summed E-state index contributed by atoms with van der Waals surface area (Å²) in [7, 11) is 0. The summed E-state index contributed by atoms with van der Waals surface area (Å²) in [6.45, 7) is 3.64. The van der Waals surface area contributed by atoms with Crippen LogP contribution in [0, 0.1) is 5.92 Å². The van der Waals surface area contributed by atoms with E-state index in [0.717, 1.165) is 19.1 Å². The summed E-state index contributed by atoms with van der Waals surface area (Å²) in [5, 5.41) is 8.56. The number of hydrogen-bond acceptors (Lipinski definition) is 3. The first-order valence-corrected chi connectivity index (χ1v) is 8.72. The van der Waals surface area contributed by atoms with Crippen molar-refractivity contribution >= 4 is 18.0 Å². The van der Waals surface area contributed by atoms with Gasteiger partial charge in [0.25, 0.3) is 0 Å². The van der Waals surface area contributed by atoms with Crippen LogP contribution in [0.15, 0.2) is 36.0 Å². The van der Waals surface area contributed by atoms with Crippen LogP contribution in [0.4, 0.5) is 0 Å². The molecule has 0 aromatic carbocycles. The van der Waals surface area contributed by atoms with Gasteiger partial charge in [0.05, 0.1) is 0 Å². The maximum Gasteiger partial charge on any atom is 0.303 e. The predicted octanol–water partition coefficient (Wildman–Crippen LogP) is 4.65. The van der Waals surface area contributed by atoms with Crippen LogP contribution in [0.2, 0.25) is 0 Å². The fourth-order valence-corrected chi connectivity index (χ4v) is 2.28. The third-order valence-electron chi connectivity index (χ3n) is 3.73. The number of aliphatic carboxylic acids is 1. The largest absolute Gasteiger partial charge is 0.481 e. The number of carboxylic acids is 1. The van der Waals surface area contributed by atoms with E-state index in [2.05, 4.69) is 6.92 Å². The molecule has 0 bridgehead atoms. The normalized spacial score (nSPS) is 13.5. The van der Waals surface area contributed by atoms with Gasteiger partial charge in [0.15, 0.2) is 0 Å². The molecule has 4 nitrogen and oxygen atoms in total. The topological polar surface area (TPSA) is 71.4 Å². The van der Waals surface area contributed by atoms with Gasteiger partial charge in [0.2, 0.25) is 0 Å². The van der Waals surface area contributed by atoms with Crippen molar-refractivity contribution in [2.75, 3.05) is 0 Å². The minimum Gasteiger partial charge on any atom is -0.481 e. The van der Waals surface area contributed by atoms with E-state index < -0.39 is 11.9 Å². The molecule has 0 aromatic rings. The monoisotopic (exact) mass is 334 g/mol. The first-order chi connectivity index (χ1) is 11.5. The molecule has 0 rings (SSSR count). The van der Waals surface area contributed by atoms with Crippen molar-refractivity contribution in [3.63, 3.8) is 0 Å². The summed E-state index contributed by atoms with van der Waals surface area (Å²) < 4.78 is 0. The highest BCUT2D eigenvalue weighted by molar-refractivity contribution is 5.90. The van der Waals surface area contributed by atoms with Crippen molar-refractivity contribution in [1.82, 2.24) is 0 Å². The summed E-state index contributed by atoms with van der Waals surface area (Å²) in [6.07, 6.45) is 16.4. The standard InChI is InChI=1S/C20H30O4/c1-3-4-5-6-7-10-13-18(16-21)19(17(2)22)14-11-8-9-12-15-20(23)24/h7-8,10-11,13,16,19H,3-6,9,12,14-15H2,1-2H3,(H,23,24)/b10-7+,11-8-,18-13-/t19-/m0/s1. The number of hydrogen-bond donors (Lipinski definition) is 1. The number of carbonyl (C=O) groups is 3. The Kier molecular flexibility index (Phi) is 13.4. The molecule has 0 radical (unpaired) electrons. The van der Waals surface area contributed by atoms with Crippen LogP contribution < -0.4 is 0 Å². The lowest BCUT2D eigenvalue weighted by Gasteiger charge is -2.10. The second-order valence-corrected chi connectivity index (χ2v) is 5.86. The number of carbonyl (C=O) groups excluding carboxylic acids is 2. The van der Waals surface area contributed by atoms with E-state index >= 15 is 0 Å². The quantitative estimate of drug-likeness (QED) is 0.165. The van der Waals surface area contributed by atoms with Crippen LogP contribution in [-0.2, 0) is 14.4 Å². The number of Topliss-reactive ketones (excluding diaryl/α,β-unsaturated/α-hetero) is 1. The van der Waals surface area contributed by atoms with Gasteiger partial charge in [-0.3, -0.25) is 14.4 Å². The fraction of sp³-hybridized carbons (Fsp3) is 0.550. The molecule has 0 fully saturated rings. The molecular weight excluding hydrogens is 304 g/mol. The Morgan fingerprint density at radius 3 is 2.33 bits per heavy atom. The lowest BCUT2D eigenvalue weighted by atomic mass is 9.92. The lowest BCUT2D eigenvalue weighted by Crippen LogP contribution is -2.14. The molecule has 0 aliphatic heterocycles. The molecular formula is C20H30O4. The van der Waals surface area contributed by atoms with Gasteiger partial charge in [-0.25, -0.2) is 0 Å². The van der Waals surface area contributed by atoms with Crippen molar-refractivity contribution in [2.24, 2.45) is 5.92 Å². The van der Waals surface area contributed by atoms with Gasteiger partial charge in [-0.05, 0) is 39.0 Å². The summed E-state index contributed by atoms with van der Waals surface area (Å²) in [4.78, 5) is 33.5. The number of ketones is 1. The van der Waals surface area contributed by atoms with E-state index in [1.807, 2.05) is 24.3 Å². The molecule has 0 unspecified atom stereocenters. The zero-order valence-corrected chi connectivity index (χ0v) is 14.9. The van der Waals surface area contributed by atoms with E-state index in [-0.39, 0.29) is 12.2 Å². The fourth-order valence-electron chi connectivity index (χ4n) is 2.28. The smallest absolute Gasteiger partial charge is 0.303 e. The molecule has 4 heteroatoms. The summed E-state index contributed by atoms with van der Waals surface area (Å²) in [5.41, 5.74) is 0.490. The van der Waals surface area contributed by atoms with Gasteiger partial charge in [0, 0.05) is 17.9 Å². The number of rotatable bonds is 14. The molecule has 1 atom stereocenters. The van der Waals surface area contributed by atoms with Gasteiger partial charge < -0.3 is 5.11 Å². The van der Waals surface area contributed by atoms with E-state index in [0.29, 0.717) is 24.8 Å². The molecule has 0 heterocycles. The molecule has 1 N–H and O–H groups in total. The van der Waals surface area contributed by atoms with Gasteiger partial charge in [0.1, 0.15) is 12.1 Å². The van der Waals surface area contributed by atoms with Gasteiger partial charge in [-0.2, -0.15) is 0 Å². The number of carboxylic acid groups (broad SMARTS) is 1. The average molecular weight is 334 g/mol. The van der Waals surface area contributed by atoms with E-state index in [1.54, 1.807) is 6.08 Å². The Bertz CT molecular complexity index is 472. The molecule has 0 amide bonds. The van der Waals surface area contributed by atoms with Crippen LogP contribution in [-0.4, -0.2) is 23.1 Å². The Morgan fingerprint density at radius 2 is 1.75 bits per heavy atom. The Morgan fingerprint density at radius 1 is 1.04 bits per heavy atom. The highest BCUT2D eigenvalue weighted by Crippen LogP contribution is 2.16. The van der Waals surface area contributed by atoms with Crippen molar-refractivity contribution in [3.05, 3.63) is 36.0 Å². The molecule has 134 valence electrons. The lowest BCUT2D eigenvalue weighted by molar-refractivity contribution is -0.137. The van der Waals surface area contributed by atoms with Crippen LogP contribution in [0.1, 0.15) is 65.2 Å². The molecule has 0 spiro atoms. The predicted molar refractivity (Wildman–Crippen MR) is 96.8 cm³/mol. The Hall–Kier alpha value is -1.97. The summed E-state index contributed by atoms with van der Waals surface area (Å²) in [5.74, 6) is -1.27. The highest BCUT2D eigenvalue weighted by atomic mass is 16.4. The maximum atomic E-state index is 11.8. The third-order valence-corrected chi connectivity index (χ3v) is 3.73. The maximum absolute atomic E-state index is 11.8. The molecule has 0 aliphatic rings. The van der Waals surface area contributed by atoms with Crippen LogP contribution >= 0.6 is 0 Å². The SMILES string of the molecule is CCCCC/C=C/C=C(/C=O)[C@@H](C/C=C\CCCC(=O)O)C(C)=O. The summed E-state index contributed by atoms with van der Waals surface area (Å²) >= 11 is 0. The van der Waals surface area contributed by atoms with Crippen molar-refractivity contribution in [2.45, 2.75) is 65.2 Å². The average Bonchev–Trinajstić information content (AvgIpc) is 2.54. The van der Waals surface area contributed by atoms with Crippen LogP contribution in [0.25, 0.3) is 0 Å². The Labute approximate surface area is 145 Å². The number of aldehydes is 1. The van der Waals surface area contributed by atoms with Crippen molar-refractivity contribution < 1.29 is 19.5 Å². The first-order valence-electron chi connectivity index (χ1n) is 8.72. The van der Waals surface area contributed by atoms with Crippen LogP contribution in [0.5, 0.6) is 0 Å². The molecule has 24 heavy (non-hydrogen) atoms. The number of allylic oxidation sites excluding steroid dienone is 6. The molecule has 0 aliphatic carbocycles. The molecule has 0 saturated heterocycles. The van der Waals surface area contributed by atoms with Gasteiger partial charge in [-0.15, -0.1) is 0 Å². The summed E-state index contributed by atoms with van der Waals surface area (Å²) in [6, 6.07) is 0. The Balaban J connectivity index is 4.52. The number of unbranched alkanes of at least 4 members (excludes halogenated alkanes) is 4. The molecule has 0 aromatic heterocycles. The second-order valence-electron chi connectivity index (χ2n) is 5.86. The van der Waals surface area contributed by atoms with E-state index in [4.69, 9.17) is 5.11 Å². The first kappa shape index (κ1) is 22.0. The van der Waals surface area contributed by atoms with Gasteiger partial charge >= 0.3 is 5.97 Å². The van der Waals surface area contributed by atoms with E-state index in [9.17, 15) is 14.4 Å². The highest BCUT2D eigenvalue weighted by Gasteiger charge is 2.16. The zero-order valence-electron chi connectivity index (χ0n) is 14.9. The van der Waals surface area contributed by atoms with E-state index in [1.165, 1.54) is 19.8 Å². The van der Waals surface area contributed by atoms with Crippen molar-refractivity contribution in [3.8, 4) is 0 Å². The van der Waals surface area contributed by atoms with Crippen molar-refractivity contribution in [1.29, 1.82) is 0 Å². The third kappa shape index (κ3) is 11.6. The zero-order chi connectivity index (χ0) is 18.2. The van der Waals surface area contributed by atoms with Gasteiger partial charge in [-0.1, -0.05) is 50.1 Å². The second kappa shape index (κ2) is 14.6.